The Morgan fingerprint density at radius 2 is 1.94 bits per heavy atom. The van der Waals surface area contributed by atoms with E-state index < -0.39 is 17.9 Å². The minimum Gasteiger partial charge on any atom is -0.362 e. The van der Waals surface area contributed by atoms with Crippen LogP contribution in [0.4, 0.5) is 16.2 Å². The SMILES string of the molecule is C[C@@H](Nc1nc(N2CCN(C(=O)[C@H]3CCC(=O)N3)CC2)ncc1Cl)c1c(F)cc(Cl)cc1Cl. The predicted molar refractivity (Wildman–Crippen MR) is 125 cm³/mol. The van der Waals surface area contributed by atoms with E-state index in [2.05, 4.69) is 20.6 Å². The average Bonchev–Trinajstić information content (AvgIpc) is 3.20. The second kappa shape index (κ2) is 9.87. The molecule has 2 aromatic rings. The topological polar surface area (TPSA) is 90.5 Å². The maximum atomic E-state index is 14.4. The maximum Gasteiger partial charge on any atom is 0.245 e. The molecule has 176 valence electrons. The third-order valence-electron chi connectivity index (χ3n) is 5.73. The van der Waals surface area contributed by atoms with E-state index in [9.17, 15) is 14.0 Å². The van der Waals surface area contributed by atoms with Crippen LogP contribution < -0.4 is 15.5 Å². The molecule has 1 aromatic carbocycles. The van der Waals surface area contributed by atoms with Crippen molar-refractivity contribution in [3.63, 3.8) is 0 Å². The van der Waals surface area contributed by atoms with Gasteiger partial charge in [0.05, 0.1) is 17.3 Å². The van der Waals surface area contributed by atoms with E-state index in [0.29, 0.717) is 50.8 Å². The highest BCUT2D eigenvalue weighted by molar-refractivity contribution is 6.35. The van der Waals surface area contributed by atoms with Gasteiger partial charge in [-0.25, -0.2) is 9.37 Å². The van der Waals surface area contributed by atoms with Gasteiger partial charge in [-0.1, -0.05) is 34.8 Å². The van der Waals surface area contributed by atoms with Gasteiger partial charge in [-0.05, 0) is 25.5 Å². The molecular formula is C21H22Cl3FN6O2. The van der Waals surface area contributed by atoms with Gasteiger partial charge in [0.2, 0.25) is 17.8 Å². The highest BCUT2D eigenvalue weighted by Crippen LogP contribution is 2.33. The molecule has 2 atom stereocenters. The quantitative estimate of drug-likeness (QED) is 0.631. The molecule has 2 amide bonds. The van der Waals surface area contributed by atoms with Gasteiger partial charge < -0.3 is 20.4 Å². The molecule has 12 heteroatoms. The number of anilines is 2. The summed E-state index contributed by atoms with van der Waals surface area (Å²) >= 11 is 18.3. The molecule has 2 aliphatic rings. The van der Waals surface area contributed by atoms with Gasteiger partial charge in [0.1, 0.15) is 16.9 Å². The van der Waals surface area contributed by atoms with Crippen molar-refractivity contribution >= 4 is 58.4 Å². The second-order valence-corrected chi connectivity index (χ2v) is 9.24. The number of carbonyl (C=O) groups is 2. The number of rotatable bonds is 5. The number of amides is 2. The third kappa shape index (κ3) is 5.26. The Hall–Kier alpha value is -2.36. The molecule has 0 spiro atoms. The Bertz CT molecular complexity index is 1060. The first kappa shape index (κ1) is 23.8. The van der Waals surface area contributed by atoms with E-state index in [-0.39, 0.29) is 32.4 Å². The van der Waals surface area contributed by atoms with Crippen LogP contribution in [-0.4, -0.2) is 58.9 Å². The molecule has 0 bridgehead atoms. The van der Waals surface area contributed by atoms with Gasteiger partial charge in [-0.2, -0.15) is 4.98 Å². The molecule has 3 heterocycles. The van der Waals surface area contributed by atoms with Gasteiger partial charge in [0.25, 0.3) is 0 Å². The smallest absolute Gasteiger partial charge is 0.245 e. The van der Waals surface area contributed by atoms with Crippen molar-refractivity contribution in [1.82, 2.24) is 20.2 Å². The molecule has 1 aromatic heterocycles. The first-order chi connectivity index (χ1) is 15.7. The van der Waals surface area contributed by atoms with Gasteiger partial charge in [-0.15, -0.1) is 0 Å². The van der Waals surface area contributed by atoms with Crippen molar-refractivity contribution in [3.8, 4) is 0 Å². The van der Waals surface area contributed by atoms with E-state index in [1.165, 1.54) is 18.3 Å². The Balaban J connectivity index is 1.43. The summed E-state index contributed by atoms with van der Waals surface area (Å²) in [5.74, 6) is 0.105. The Morgan fingerprint density at radius 1 is 1.21 bits per heavy atom. The number of carbonyl (C=O) groups excluding carboxylic acids is 2. The van der Waals surface area contributed by atoms with Crippen LogP contribution in [0.25, 0.3) is 0 Å². The lowest BCUT2D eigenvalue weighted by Gasteiger charge is -2.36. The van der Waals surface area contributed by atoms with Crippen molar-refractivity contribution < 1.29 is 14.0 Å². The first-order valence-electron chi connectivity index (χ1n) is 10.5. The number of halogens is 4. The molecule has 33 heavy (non-hydrogen) atoms. The number of benzene rings is 1. The molecule has 2 N–H and O–H groups in total. The number of hydrogen-bond acceptors (Lipinski definition) is 6. The number of piperazine rings is 1. The summed E-state index contributed by atoms with van der Waals surface area (Å²) in [4.78, 5) is 36.5. The van der Waals surface area contributed by atoms with Gasteiger partial charge in [0.15, 0.2) is 5.82 Å². The van der Waals surface area contributed by atoms with Crippen LogP contribution in [0.3, 0.4) is 0 Å². The van der Waals surface area contributed by atoms with Crippen molar-refractivity contribution in [2.75, 3.05) is 36.4 Å². The van der Waals surface area contributed by atoms with Crippen molar-refractivity contribution in [1.29, 1.82) is 0 Å². The highest BCUT2D eigenvalue weighted by atomic mass is 35.5. The van der Waals surface area contributed by atoms with Gasteiger partial charge in [0, 0.05) is 43.2 Å². The normalized spacial score (nSPS) is 19.4. The van der Waals surface area contributed by atoms with E-state index >= 15 is 0 Å². The third-order valence-corrected chi connectivity index (χ3v) is 6.54. The van der Waals surface area contributed by atoms with Crippen molar-refractivity contribution in [3.05, 3.63) is 44.8 Å². The van der Waals surface area contributed by atoms with Crippen LogP contribution in [0.5, 0.6) is 0 Å². The average molecular weight is 516 g/mol. The molecular weight excluding hydrogens is 494 g/mol. The molecule has 4 rings (SSSR count). The molecule has 2 saturated heterocycles. The fraction of sp³-hybridized carbons (Fsp3) is 0.429. The van der Waals surface area contributed by atoms with E-state index in [4.69, 9.17) is 34.8 Å². The summed E-state index contributed by atoms with van der Waals surface area (Å²) in [5, 5.41) is 6.50. The zero-order chi connectivity index (χ0) is 23.7. The summed E-state index contributed by atoms with van der Waals surface area (Å²) in [6.45, 7) is 3.77. The lowest BCUT2D eigenvalue weighted by atomic mass is 10.1. The molecule has 0 unspecified atom stereocenters. The molecule has 2 fully saturated rings. The van der Waals surface area contributed by atoms with E-state index in [1.54, 1.807) is 11.8 Å². The number of nitrogens with one attached hydrogen (secondary N) is 2. The molecule has 2 aliphatic heterocycles. The summed E-state index contributed by atoms with van der Waals surface area (Å²) in [6, 6.07) is 1.70. The summed E-state index contributed by atoms with van der Waals surface area (Å²) < 4.78 is 14.4. The second-order valence-electron chi connectivity index (χ2n) is 7.99. The molecule has 8 nitrogen and oxygen atoms in total. The van der Waals surface area contributed by atoms with Gasteiger partial charge in [-0.3, -0.25) is 9.59 Å². The van der Waals surface area contributed by atoms with Crippen LogP contribution >= 0.6 is 34.8 Å². The van der Waals surface area contributed by atoms with Crippen LogP contribution in [0.1, 0.15) is 31.4 Å². The van der Waals surface area contributed by atoms with Crippen LogP contribution in [0, 0.1) is 5.82 Å². The first-order valence-corrected chi connectivity index (χ1v) is 11.6. The maximum absolute atomic E-state index is 14.4. The Kier molecular flexibility index (Phi) is 7.11. The summed E-state index contributed by atoms with van der Waals surface area (Å²) in [5.41, 5.74) is 0.253. The number of aromatic nitrogens is 2. The largest absolute Gasteiger partial charge is 0.362 e. The zero-order valence-corrected chi connectivity index (χ0v) is 20.0. The van der Waals surface area contributed by atoms with Crippen molar-refractivity contribution in [2.45, 2.75) is 31.8 Å². The summed E-state index contributed by atoms with van der Waals surface area (Å²) in [7, 11) is 0. The summed E-state index contributed by atoms with van der Waals surface area (Å²) in [6.07, 6.45) is 2.39. The van der Waals surface area contributed by atoms with Crippen LogP contribution in [0.2, 0.25) is 15.1 Å². The molecule has 0 aliphatic carbocycles. The number of hydrogen-bond donors (Lipinski definition) is 2. The minimum absolute atomic E-state index is 0.0597. The zero-order valence-electron chi connectivity index (χ0n) is 17.7. The molecule has 0 saturated carbocycles. The predicted octanol–water partition coefficient (Wildman–Crippen LogP) is 3.68. The van der Waals surface area contributed by atoms with Crippen LogP contribution in [-0.2, 0) is 9.59 Å². The molecule has 0 radical (unpaired) electrons. The standard InChI is InChI=1S/C21H22Cl3FN6O2/c1-11(18-13(23)8-12(22)9-15(18)25)27-19-14(24)10-26-21(29-19)31-6-4-30(5-7-31)20(33)16-2-3-17(32)28-16/h8-11,16H,2-7H2,1H3,(H,28,32)(H,26,27,29)/t11-,16-/m1/s1. The Labute approximate surface area is 205 Å². The fourth-order valence-electron chi connectivity index (χ4n) is 4.00. The lowest BCUT2D eigenvalue weighted by molar-refractivity contribution is -0.134. The van der Waals surface area contributed by atoms with Gasteiger partial charge >= 0.3 is 0 Å². The highest BCUT2D eigenvalue weighted by Gasteiger charge is 2.32. The lowest BCUT2D eigenvalue weighted by Crippen LogP contribution is -2.53. The number of nitrogens with zero attached hydrogens (tertiary/aromatic N) is 4. The monoisotopic (exact) mass is 514 g/mol. The fourth-order valence-corrected chi connectivity index (χ4v) is 4.78. The minimum atomic E-state index is -0.536. The van der Waals surface area contributed by atoms with E-state index in [1.807, 2.05) is 4.90 Å². The Morgan fingerprint density at radius 3 is 2.58 bits per heavy atom. The van der Waals surface area contributed by atoms with Crippen LogP contribution in [0.15, 0.2) is 18.3 Å². The van der Waals surface area contributed by atoms with Crippen molar-refractivity contribution in [2.24, 2.45) is 0 Å². The van der Waals surface area contributed by atoms with E-state index in [0.717, 1.165) is 0 Å².